The number of pyridine rings is 1. The number of ether oxygens (including phenoxy) is 1. The number of halogens is 1. The average Bonchev–Trinajstić information content (AvgIpc) is 3.35. The van der Waals surface area contributed by atoms with E-state index in [9.17, 15) is 9.59 Å². The number of aromatic nitrogens is 2. The fraction of sp³-hybridized carbons (Fsp3) is 0. The minimum atomic E-state index is -0.553. The topological polar surface area (TPSA) is 72.7 Å². The van der Waals surface area contributed by atoms with Crippen LogP contribution in [0, 0.1) is 0 Å². The number of nitrogens with one attached hydrogen (secondary N) is 1. The Kier molecular flexibility index (Phi) is 5.41. The highest BCUT2D eigenvalue weighted by atomic mass is 35.5. The molecular weight excluding hydrogens is 410 g/mol. The van der Waals surface area contributed by atoms with Crippen molar-refractivity contribution in [1.29, 1.82) is 0 Å². The second-order valence-corrected chi connectivity index (χ2v) is 7.23. The number of carbonyl (C=O) groups is 2. The minimum Gasteiger partial charge on any atom is -0.423 e. The number of thiophene rings is 1. The van der Waals surface area contributed by atoms with E-state index in [1.807, 2.05) is 35.8 Å². The molecule has 0 aliphatic heterocycles. The van der Waals surface area contributed by atoms with Gasteiger partial charge in [-0.1, -0.05) is 23.7 Å². The van der Waals surface area contributed by atoms with E-state index in [0.717, 1.165) is 0 Å². The zero-order valence-electron chi connectivity index (χ0n) is 14.9. The van der Waals surface area contributed by atoms with Crippen LogP contribution in [0.3, 0.4) is 0 Å². The third kappa shape index (κ3) is 4.37. The summed E-state index contributed by atoms with van der Waals surface area (Å²) in [4.78, 5) is 29.0. The third-order valence-electron chi connectivity index (χ3n) is 3.97. The van der Waals surface area contributed by atoms with Crippen LogP contribution in [-0.4, -0.2) is 21.3 Å². The predicted molar refractivity (Wildman–Crippen MR) is 114 cm³/mol. The van der Waals surface area contributed by atoms with Gasteiger partial charge in [0.2, 0.25) is 0 Å². The number of carbonyl (C=O) groups excluding carboxylic acids is 2. The monoisotopic (exact) mass is 423 g/mol. The number of imidazole rings is 1. The first-order valence-electron chi connectivity index (χ1n) is 8.57. The summed E-state index contributed by atoms with van der Waals surface area (Å²) in [5.41, 5.74) is 1.88. The van der Waals surface area contributed by atoms with Crippen LogP contribution in [0.1, 0.15) is 15.4 Å². The molecule has 0 spiro atoms. The van der Waals surface area contributed by atoms with Crippen molar-refractivity contribution in [1.82, 2.24) is 9.38 Å². The van der Waals surface area contributed by atoms with E-state index in [1.165, 1.54) is 17.4 Å². The maximum absolute atomic E-state index is 12.1. The number of anilines is 1. The first-order valence-corrected chi connectivity index (χ1v) is 9.83. The van der Waals surface area contributed by atoms with E-state index in [4.69, 9.17) is 16.3 Å². The van der Waals surface area contributed by atoms with Crippen molar-refractivity contribution in [2.24, 2.45) is 0 Å². The first kappa shape index (κ1) is 18.9. The molecule has 0 bridgehead atoms. The third-order valence-corrected chi connectivity index (χ3v) is 5.12. The standard InChI is InChI=1S/C21H14ClN3O3S/c22-20-16(25-12-2-1-5-18(25)24-20)10-11-19(26)28-15-8-6-14(7-9-15)23-21(27)17-4-3-13-29-17/h1-13H,(H,23,27)/b11-10+. The van der Waals surface area contributed by atoms with Crippen LogP contribution in [-0.2, 0) is 4.79 Å². The molecule has 0 fully saturated rings. The highest BCUT2D eigenvalue weighted by molar-refractivity contribution is 7.12. The maximum Gasteiger partial charge on any atom is 0.336 e. The molecule has 1 amide bonds. The van der Waals surface area contributed by atoms with Crippen molar-refractivity contribution in [2.75, 3.05) is 5.32 Å². The molecule has 0 saturated heterocycles. The molecule has 0 saturated carbocycles. The molecule has 3 aromatic heterocycles. The van der Waals surface area contributed by atoms with Crippen molar-refractivity contribution >= 4 is 52.2 Å². The summed E-state index contributed by atoms with van der Waals surface area (Å²) < 4.78 is 7.06. The van der Waals surface area contributed by atoms with Gasteiger partial charge in [-0.15, -0.1) is 11.3 Å². The molecule has 0 atom stereocenters. The molecular formula is C21H14ClN3O3S. The maximum atomic E-state index is 12.1. The number of nitrogens with zero attached hydrogens (tertiary/aromatic N) is 2. The Morgan fingerprint density at radius 3 is 2.69 bits per heavy atom. The number of benzene rings is 1. The van der Waals surface area contributed by atoms with Gasteiger partial charge >= 0.3 is 5.97 Å². The Balaban J connectivity index is 1.40. The van der Waals surface area contributed by atoms with Crippen LogP contribution in [0.15, 0.2) is 72.3 Å². The van der Waals surface area contributed by atoms with E-state index in [1.54, 1.807) is 40.8 Å². The summed E-state index contributed by atoms with van der Waals surface area (Å²) in [6, 6.07) is 15.6. The summed E-state index contributed by atoms with van der Waals surface area (Å²) in [7, 11) is 0. The number of hydrogen-bond donors (Lipinski definition) is 1. The lowest BCUT2D eigenvalue weighted by molar-refractivity contribution is -0.128. The Labute approximate surface area is 175 Å². The Hall–Kier alpha value is -3.42. The molecule has 1 aromatic carbocycles. The van der Waals surface area contributed by atoms with Gasteiger partial charge in [0, 0.05) is 18.0 Å². The predicted octanol–water partition coefficient (Wildman–Crippen LogP) is 4.92. The molecule has 3 heterocycles. The van der Waals surface area contributed by atoms with Gasteiger partial charge in [0.15, 0.2) is 5.15 Å². The molecule has 29 heavy (non-hydrogen) atoms. The van der Waals surface area contributed by atoms with Crippen molar-refractivity contribution < 1.29 is 14.3 Å². The van der Waals surface area contributed by atoms with E-state index in [-0.39, 0.29) is 5.91 Å². The summed E-state index contributed by atoms with van der Waals surface area (Å²) in [5, 5.41) is 4.92. The molecule has 6 nitrogen and oxygen atoms in total. The van der Waals surface area contributed by atoms with E-state index in [2.05, 4.69) is 10.3 Å². The summed E-state index contributed by atoms with van der Waals surface area (Å²) in [6.45, 7) is 0. The number of rotatable bonds is 5. The Morgan fingerprint density at radius 2 is 1.93 bits per heavy atom. The normalized spacial score (nSPS) is 11.1. The average molecular weight is 424 g/mol. The molecule has 0 aliphatic carbocycles. The van der Waals surface area contributed by atoms with Crippen molar-refractivity contribution in [2.45, 2.75) is 0 Å². The van der Waals surface area contributed by atoms with Gasteiger partial charge in [-0.3, -0.25) is 9.20 Å². The number of hydrogen-bond acceptors (Lipinski definition) is 5. The summed E-state index contributed by atoms with van der Waals surface area (Å²) >= 11 is 7.50. The molecule has 4 rings (SSSR count). The van der Waals surface area contributed by atoms with Gasteiger partial charge in [-0.05, 0) is 53.9 Å². The van der Waals surface area contributed by atoms with Crippen molar-refractivity contribution in [3.05, 3.63) is 88.0 Å². The zero-order chi connectivity index (χ0) is 20.2. The summed E-state index contributed by atoms with van der Waals surface area (Å²) in [6.07, 6.45) is 4.65. The van der Waals surface area contributed by atoms with Crippen LogP contribution >= 0.6 is 22.9 Å². The fourth-order valence-corrected chi connectivity index (χ4v) is 3.50. The highest BCUT2D eigenvalue weighted by Crippen LogP contribution is 2.20. The lowest BCUT2D eigenvalue weighted by Gasteiger charge is -2.05. The van der Waals surface area contributed by atoms with Crippen LogP contribution in [0.2, 0.25) is 5.15 Å². The minimum absolute atomic E-state index is 0.183. The van der Waals surface area contributed by atoms with Gasteiger partial charge in [-0.25, -0.2) is 9.78 Å². The molecule has 144 valence electrons. The van der Waals surface area contributed by atoms with Gasteiger partial charge in [0.1, 0.15) is 11.4 Å². The number of amides is 1. The van der Waals surface area contributed by atoms with E-state index in [0.29, 0.717) is 32.8 Å². The molecule has 4 aromatic rings. The van der Waals surface area contributed by atoms with Gasteiger partial charge in [0.05, 0.1) is 10.6 Å². The second-order valence-electron chi connectivity index (χ2n) is 5.93. The van der Waals surface area contributed by atoms with E-state index < -0.39 is 5.97 Å². The van der Waals surface area contributed by atoms with Crippen LogP contribution in [0.5, 0.6) is 5.75 Å². The molecule has 0 unspecified atom stereocenters. The SMILES string of the molecule is O=C(/C=C/c1c(Cl)nc2ccccn12)Oc1ccc(NC(=O)c2cccs2)cc1. The molecule has 8 heteroatoms. The quantitative estimate of drug-likeness (QED) is 0.281. The van der Waals surface area contributed by atoms with E-state index >= 15 is 0 Å². The van der Waals surface area contributed by atoms with Crippen LogP contribution in [0.4, 0.5) is 5.69 Å². The van der Waals surface area contributed by atoms with Gasteiger partial charge in [-0.2, -0.15) is 0 Å². The molecule has 1 N–H and O–H groups in total. The first-order chi connectivity index (χ1) is 14.1. The molecule has 0 radical (unpaired) electrons. The van der Waals surface area contributed by atoms with Crippen molar-refractivity contribution in [3.63, 3.8) is 0 Å². The van der Waals surface area contributed by atoms with Crippen LogP contribution < -0.4 is 10.1 Å². The molecule has 0 aliphatic rings. The second kappa shape index (κ2) is 8.30. The smallest absolute Gasteiger partial charge is 0.336 e. The van der Waals surface area contributed by atoms with Crippen molar-refractivity contribution in [3.8, 4) is 5.75 Å². The van der Waals surface area contributed by atoms with Gasteiger partial charge < -0.3 is 10.1 Å². The zero-order valence-corrected chi connectivity index (χ0v) is 16.5. The van der Waals surface area contributed by atoms with Crippen LogP contribution in [0.25, 0.3) is 11.7 Å². The lowest BCUT2D eigenvalue weighted by atomic mass is 10.3. The number of esters is 1. The Morgan fingerprint density at radius 1 is 1.10 bits per heavy atom. The summed E-state index contributed by atoms with van der Waals surface area (Å²) in [5.74, 6) is -0.377. The van der Waals surface area contributed by atoms with Gasteiger partial charge in [0.25, 0.3) is 5.91 Å². The lowest BCUT2D eigenvalue weighted by Crippen LogP contribution is -2.10. The Bertz CT molecular complexity index is 1200. The number of fused-ring (bicyclic) bond motifs is 1. The fourth-order valence-electron chi connectivity index (χ4n) is 2.64. The largest absolute Gasteiger partial charge is 0.423 e. The highest BCUT2D eigenvalue weighted by Gasteiger charge is 2.09.